The Bertz CT molecular complexity index is 522. The van der Waals surface area contributed by atoms with Gasteiger partial charge in [-0.1, -0.05) is 17.3 Å². The van der Waals surface area contributed by atoms with Gasteiger partial charge in [0, 0.05) is 11.8 Å². The molecule has 0 saturated heterocycles. The standard InChI is InChI=1S/C12H13N3OS/c1-17-8-11-14-12(16-15-11)6-5-9-3-2-4-10(13)7-9/h2-7H,8,13H2,1H3/b6-5+. The number of nitrogens with two attached hydrogens (primary N) is 1. The van der Waals surface area contributed by atoms with E-state index in [9.17, 15) is 0 Å². The van der Waals surface area contributed by atoms with E-state index < -0.39 is 0 Å². The Morgan fingerprint density at radius 3 is 3.06 bits per heavy atom. The first-order valence-corrected chi connectivity index (χ1v) is 6.52. The SMILES string of the molecule is CSCc1noc(/C=C/c2cccc(N)c2)n1. The van der Waals surface area contributed by atoms with E-state index in [0.29, 0.717) is 11.7 Å². The highest BCUT2D eigenvalue weighted by Gasteiger charge is 2.01. The molecule has 0 spiro atoms. The normalized spacial score (nSPS) is 11.1. The Kier molecular flexibility index (Phi) is 3.82. The van der Waals surface area contributed by atoms with Crippen LogP contribution in [0, 0.1) is 0 Å². The lowest BCUT2D eigenvalue weighted by molar-refractivity contribution is 0.405. The molecule has 0 aliphatic heterocycles. The molecule has 0 amide bonds. The zero-order chi connectivity index (χ0) is 12.1. The zero-order valence-corrected chi connectivity index (χ0v) is 10.3. The van der Waals surface area contributed by atoms with Crippen molar-refractivity contribution >= 4 is 29.6 Å². The van der Waals surface area contributed by atoms with Crippen LogP contribution in [0.3, 0.4) is 0 Å². The number of anilines is 1. The van der Waals surface area contributed by atoms with Crippen LogP contribution in [0.5, 0.6) is 0 Å². The summed E-state index contributed by atoms with van der Waals surface area (Å²) in [6.07, 6.45) is 5.68. The predicted octanol–water partition coefficient (Wildman–Crippen LogP) is 2.69. The number of rotatable bonds is 4. The van der Waals surface area contributed by atoms with E-state index in [0.717, 1.165) is 17.0 Å². The molecule has 0 aliphatic rings. The van der Waals surface area contributed by atoms with Gasteiger partial charge in [0.15, 0.2) is 5.82 Å². The Balaban J connectivity index is 2.09. The average Bonchev–Trinajstić information content (AvgIpc) is 2.75. The topological polar surface area (TPSA) is 64.9 Å². The number of nitrogen functional groups attached to an aromatic ring is 1. The molecule has 0 fully saturated rings. The van der Waals surface area contributed by atoms with Crippen LogP contribution in [0.1, 0.15) is 17.3 Å². The largest absolute Gasteiger partial charge is 0.399 e. The Morgan fingerprint density at radius 2 is 2.29 bits per heavy atom. The minimum absolute atomic E-state index is 0.511. The van der Waals surface area contributed by atoms with E-state index >= 15 is 0 Å². The minimum Gasteiger partial charge on any atom is -0.399 e. The van der Waals surface area contributed by atoms with Gasteiger partial charge in [0.25, 0.3) is 5.89 Å². The van der Waals surface area contributed by atoms with Crippen molar-refractivity contribution in [1.29, 1.82) is 0 Å². The second-order valence-electron chi connectivity index (χ2n) is 3.49. The number of hydrogen-bond donors (Lipinski definition) is 1. The van der Waals surface area contributed by atoms with Crippen LogP contribution in [-0.2, 0) is 5.75 Å². The predicted molar refractivity (Wildman–Crippen MR) is 71.3 cm³/mol. The number of nitrogens with zero attached hydrogens (tertiary/aromatic N) is 2. The molecule has 4 nitrogen and oxygen atoms in total. The lowest BCUT2D eigenvalue weighted by Crippen LogP contribution is -1.83. The highest BCUT2D eigenvalue weighted by Crippen LogP contribution is 2.11. The molecule has 0 unspecified atom stereocenters. The number of aromatic nitrogens is 2. The molecule has 2 N–H and O–H groups in total. The molecule has 2 rings (SSSR count). The van der Waals surface area contributed by atoms with Crippen LogP contribution in [0.25, 0.3) is 12.2 Å². The summed E-state index contributed by atoms with van der Waals surface area (Å²) in [6, 6.07) is 7.60. The average molecular weight is 247 g/mol. The van der Waals surface area contributed by atoms with Crippen molar-refractivity contribution in [1.82, 2.24) is 10.1 Å². The maximum absolute atomic E-state index is 5.68. The van der Waals surface area contributed by atoms with Gasteiger partial charge in [0.2, 0.25) is 0 Å². The summed E-state index contributed by atoms with van der Waals surface area (Å²) in [5, 5.41) is 3.85. The van der Waals surface area contributed by atoms with Crippen LogP contribution in [0.15, 0.2) is 28.8 Å². The van der Waals surface area contributed by atoms with Crippen LogP contribution in [0.2, 0.25) is 0 Å². The van der Waals surface area contributed by atoms with Crippen LogP contribution in [0.4, 0.5) is 5.69 Å². The van der Waals surface area contributed by atoms with E-state index in [-0.39, 0.29) is 0 Å². The fourth-order valence-corrected chi connectivity index (χ4v) is 1.73. The first-order chi connectivity index (χ1) is 8.28. The molecule has 0 radical (unpaired) electrons. The Morgan fingerprint density at radius 1 is 1.41 bits per heavy atom. The summed E-state index contributed by atoms with van der Waals surface area (Å²) in [6.45, 7) is 0. The van der Waals surface area contributed by atoms with Gasteiger partial charge in [-0.3, -0.25) is 0 Å². The first kappa shape index (κ1) is 11.7. The van der Waals surface area contributed by atoms with E-state index in [1.807, 2.05) is 36.6 Å². The molecular weight excluding hydrogens is 234 g/mol. The quantitative estimate of drug-likeness (QED) is 0.841. The molecule has 1 aromatic heterocycles. The minimum atomic E-state index is 0.511. The molecule has 2 aromatic rings. The van der Waals surface area contributed by atoms with Gasteiger partial charge in [-0.25, -0.2) is 0 Å². The third-order valence-corrected chi connectivity index (χ3v) is 2.63. The number of thioether (sulfide) groups is 1. The van der Waals surface area contributed by atoms with Gasteiger partial charge in [-0.2, -0.15) is 16.7 Å². The highest BCUT2D eigenvalue weighted by molar-refractivity contribution is 7.97. The van der Waals surface area contributed by atoms with E-state index in [2.05, 4.69) is 10.1 Å². The Hall–Kier alpha value is -1.75. The van der Waals surface area contributed by atoms with Gasteiger partial charge in [-0.15, -0.1) is 0 Å². The third kappa shape index (κ3) is 3.35. The summed E-state index contributed by atoms with van der Waals surface area (Å²) in [4.78, 5) is 4.22. The van der Waals surface area contributed by atoms with Crippen molar-refractivity contribution in [2.45, 2.75) is 5.75 Å². The van der Waals surface area contributed by atoms with Crippen LogP contribution >= 0.6 is 11.8 Å². The van der Waals surface area contributed by atoms with Crippen molar-refractivity contribution in [2.24, 2.45) is 0 Å². The maximum atomic E-state index is 5.68. The van der Waals surface area contributed by atoms with E-state index in [1.54, 1.807) is 17.8 Å². The molecule has 88 valence electrons. The van der Waals surface area contributed by atoms with E-state index in [1.165, 1.54) is 0 Å². The smallest absolute Gasteiger partial charge is 0.250 e. The van der Waals surface area contributed by atoms with Gasteiger partial charge in [0.1, 0.15) is 0 Å². The van der Waals surface area contributed by atoms with Crippen molar-refractivity contribution in [3.63, 3.8) is 0 Å². The highest BCUT2D eigenvalue weighted by atomic mass is 32.2. The monoisotopic (exact) mass is 247 g/mol. The van der Waals surface area contributed by atoms with Crippen molar-refractivity contribution in [2.75, 3.05) is 12.0 Å². The fraction of sp³-hybridized carbons (Fsp3) is 0.167. The summed E-state index contributed by atoms with van der Waals surface area (Å²) in [5.74, 6) is 1.98. The summed E-state index contributed by atoms with van der Waals surface area (Å²) >= 11 is 1.66. The maximum Gasteiger partial charge on any atom is 0.250 e. The van der Waals surface area contributed by atoms with Crippen molar-refractivity contribution in [3.8, 4) is 0 Å². The fourth-order valence-electron chi connectivity index (χ4n) is 1.35. The summed E-state index contributed by atoms with van der Waals surface area (Å²) in [5.41, 5.74) is 7.43. The van der Waals surface area contributed by atoms with Crippen LogP contribution < -0.4 is 5.73 Å². The molecule has 1 aromatic carbocycles. The molecule has 0 saturated carbocycles. The molecule has 5 heteroatoms. The first-order valence-electron chi connectivity index (χ1n) is 5.13. The molecule has 0 atom stereocenters. The summed E-state index contributed by atoms with van der Waals surface area (Å²) < 4.78 is 5.08. The van der Waals surface area contributed by atoms with Gasteiger partial charge < -0.3 is 10.3 Å². The Labute approximate surface area is 104 Å². The molecule has 1 heterocycles. The summed E-state index contributed by atoms with van der Waals surface area (Å²) in [7, 11) is 0. The number of benzene rings is 1. The second kappa shape index (κ2) is 5.54. The van der Waals surface area contributed by atoms with Crippen molar-refractivity contribution < 1.29 is 4.52 Å². The van der Waals surface area contributed by atoms with Gasteiger partial charge >= 0.3 is 0 Å². The van der Waals surface area contributed by atoms with Gasteiger partial charge in [0.05, 0.1) is 5.75 Å². The molecular formula is C12H13N3OS. The third-order valence-electron chi connectivity index (χ3n) is 2.09. The van der Waals surface area contributed by atoms with E-state index in [4.69, 9.17) is 10.3 Å². The lowest BCUT2D eigenvalue weighted by Gasteiger charge is -1.94. The zero-order valence-electron chi connectivity index (χ0n) is 9.46. The van der Waals surface area contributed by atoms with Crippen LogP contribution in [-0.4, -0.2) is 16.4 Å². The molecule has 0 bridgehead atoms. The molecule has 0 aliphatic carbocycles. The molecule has 17 heavy (non-hydrogen) atoms. The number of hydrogen-bond acceptors (Lipinski definition) is 5. The lowest BCUT2D eigenvalue weighted by atomic mass is 10.2. The van der Waals surface area contributed by atoms with Crippen molar-refractivity contribution in [3.05, 3.63) is 41.5 Å². The second-order valence-corrected chi connectivity index (χ2v) is 4.35. The van der Waals surface area contributed by atoms with Gasteiger partial charge in [-0.05, 0) is 30.0 Å².